The maximum atomic E-state index is 12.3. The summed E-state index contributed by atoms with van der Waals surface area (Å²) in [6.07, 6.45) is 4.84. The molecular weight excluding hydrogens is 304 g/mol. The first-order chi connectivity index (χ1) is 11.8. The average molecular weight is 326 g/mol. The van der Waals surface area contributed by atoms with Crippen molar-refractivity contribution in [3.8, 4) is 5.75 Å². The third kappa shape index (κ3) is 4.01. The first kappa shape index (κ1) is 16.2. The fourth-order valence-electron chi connectivity index (χ4n) is 2.85. The molecule has 6 heteroatoms. The third-order valence-electron chi connectivity index (χ3n) is 4.04. The first-order valence-electron chi connectivity index (χ1n) is 8.39. The minimum atomic E-state index is -0.304. The summed E-state index contributed by atoms with van der Waals surface area (Å²) < 4.78 is 5.51. The summed E-state index contributed by atoms with van der Waals surface area (Å²) in [7, 11) is 0. The van der Waals surface area contributed by atoms with Crippen molar-refractivity contribution in [1.29, 1.82) is 0 Å². The monoisotopic (exact) mass is 326 g/mol. The second-order valence-electron chi connectivity index (χ2n) is 5.81. The number of carbonyl (C=O) groups excluding carboxylic acids is 1. The van der Waals surface area contributed by atoms with E-state index >= 15 is 0 Å². The van der Waals surface area contributed by atoms with Gasteiger partial charge in [-0.05, 0) is 44.0 Å². The van der Waals surface area contributed by atoms with E-state index in [9.17, 15) is 4.79 Å². The summed E-state index contributed by atoms with van der Waals surface area (Å²) in [5.41, 5.74) is 0.901. The highest BCUT2D eigenvalue weighted by Gasteiger charge is 2.16. The Hall–Kier alpha value is -2.63. The minimum Gasteiger partial charge on any atom is -0.492 e. The van der Waals surface area contributed by atoms with Crippen molar-refractivity contribution < 1.29 is 9.53 Å². The molecule has 0 bridgehead atoms. The lowest BCUT2D eigenvalue weighted by Crippen LogP contribution is -2.18. The molecule has 0 atom stereocenters. The maximum absolute atomic E-state index is 12.3. The quantitative estimate of drug-likeness (QED) is 0.850. The molecule has 1 aromatic heterocycles. The van der Waals surface area contributed by atoms with Crippen LogP contribution in [0.2, 0.25) is 0 Å². The number of amides is 1. The molecule has 1 saturated carbocycles. The van der Waals surface area contributed by atoms with Crippen LogP contribution in [-0.4, -0.2) is 28.8 Å². The Bertz CT molecular complexity index is 682. The zero-order valence-electron chi connectivity index (χ0n) is 13.8. The molecule has 0 unspecified atom stereocenters. The second kappa shape index (κ2) is 7.77. The van der Waals surface area contributed by atoms with Crippen LogP contribution in [0.1, 0.15) is 43.1 Å². The molecule has 1 fully saturated rings. The predicted molar refractivity (Wildman–Crippen MR) is 93.5 cm³/mol. The lowest BCUT2D eigenvalue weighted by Gasteiger charge is -2.12. The summed E-state index contributed by atoms with van der Waals surface area (Å²) in [6.45, 7) is 2.44. The van der Waals surface area contributed by atoms with Crippen LogP contribution in [0.25, 0.3) is 0 Å². The summed E-state index contributed by atoms with van der Waals surface area (Å²) in [4.78, 5) is 12.3. The Kier molecular flexibility index (Phi) is 5.25. The van der Waals surface area contributed by atoms with Gasteiger partial charge in [0.05, 0.1) is 12.3 Å². The van der Waals surface area contributed by atoms with Gasteiger partial charge in [0.15, 0.2) is 5.69 Å². The van der Waals surface area contributed by atoms with E-state index < -0.39 is 0 Å². The van der Waals surface area contributed by atoms with Crippen LogP contribution in [0.4, 0.5) is 11.5 Å². The van der Waals surface area contributed by atoms with Gasteiger partial charge in [0.2, 0.25) is 0 Å². The normalized spacial score (nSPS) is 14.4. The standard InChI is InChI=1S/C18H22N4O2/c1-2-24-16-10-6-5-9-14(16)20-18(23)15-11-12-17(22-21-15)19-13-7-3-4-8-13/h5-6,9-13H,2-4,7-8H2,1H3,(H,19,22)(H,20,23). The molecule has 0 spiro atoms. The molecule has 1 aromatic carbocycles. The Morgan fingerprint density at radius 2 is 1.96 bits per heavy atom. The van der Waals surface area contributed by atoms with Crippen LogP contribution in [-0.2, 0) is 0 Å². The van der Waals surface area contributed by atoms with E-state index in [1.165, 1.54) is 12.8 Å². The van der Waals surface area contributed by atoms with Crippen LogP contribution in [0.5, 0.6) is 5.75 Å². The summed E-state index contributed by atoms with van der Waals surface area (Å²) in [6, 6.07) is 11.3. The molecule has 2 N–H and O–H groups in total. The fraction of sp³-hybridized carbons (Fsp3) is 0.389. The van der Waals surface area contributed by atoms with E-state index in [0.29, 0.717) is 29.9 Å². The van der Waals surface area contributed by atoms with Gasteiger partial charge in [-0.25, -0.2) is 0 Å². The number of carbonyl (C=O) groups is 1. The lowest BCUT2D eigenvalue weighted by atomic mass is 10.2. The number of para-hydroxylation sites is 2. The van der Waals surface area contributed by atoms with Gasteiger partial charge in [-0.1, -0.05) is 25.0 Å². The summed E-state index contributed by atoms with van der Waals surface area (Å²) in [5.74, 6) is 1.05. The van der Waals surface area contributed by atoms with Crippen molar-refractivity contribution in [3.05, 3.63) is 42.1 Å². The number of ether oxygens (including phenoxy) is 1. The highest BCUT2D eigenvalue weighted by molar-refractivity contribution is 6.03. The number of aromatic nitrogens is 2. The van der Waals surface area contributed by atoms with Crippen LogP contribution in [0.15, 0.2) is 36.4 Å². The SMILES string of the molecule is CCOc1ccccc1NC(=O)c1ccc(NC2CCCC2)nn1. The van der Waals surface area contributed by atoms with Gasteiger partial charge in [-0.3, -0.25) is 4.79 Å². The zero-order valence-corrected chi connectivity index (χ0v) is 13.8. The summed E-state index contributed by atoms with van der Waals surface area (Å²) >= 11 is 0. The second-order valence-corrected chi connectivity index (χ2v) is 5.81. The van der Waals surface area contributed by atoms with Crippen LogP contribution in [0.3, 0.4) is 0 Å². The molecular formula is C18H22N4O2. The third-order valence-corrected chi connectivity index (χ3v) is 4.04. The highest BCUT2D eigenvalue weighted by Crippen LogP contribution is 2.24. The van der Waals surface area contributed by atoms with Gasteiger partial charge < -0.3 is 15.4 Å². The number of benzene rings is 1. The van der Waals surface area contributed by atoms with Crippen molar-refractivity contribution in [2.45, 2.75) is 38.6 Å². The molecule has 6 nitrogen and oxygen atoms in total. The zero-order chi connectivity index (χ0) is 16.8. The van der Waals surface area contributed by atoms with Crippen LogP contribution >= 0.6 is 0 Å². The van der Waals surface area contributed by atoms with Gasteiger partial charge in [0.25, 0.3) is 5.91 Å². The predicted octanol–water partition coefficient (Wildman–Crippen LogP) is 3.48. The largest absolute Gasteiger partial charge is 0.492 e. The van der Waals surface area contributed by atoms with E-state index in [2.05, 4.69) is 20.8 Å². The van der Waals surface area contributed by atoms with E-state index in [4.69, 9.17) is 4.74 Å². The molecule has 0 radical (unpaired) electrons. The van der Waals surface area contributed by atoms with Gasteiger partial charge in [0, 0.05) is 6.04 Å². The molecule has 1 amide bonds. The van der Waals surface area contributed by atoms with Gasteiger partial charge >= 0.3 is 0 Å². The molecule has 126 valence electrons. The highest BCUT2D eigenvalue weighted by atomic mass is 16.5. The number of hydrogen-bond acceptors (Lipinski definition) is 5. The smallest absolute Gasteiger partial charge is 0.276 e. The van der Waals surface area contributed by atoms with Crippen molar-refractivity contribution >= 4 is 17.4 Å². The van der Waals surface area contributed by atoms with Crippen LogP contribution < -0.4 is 15.4 Å². The van der Waals surface area contributed by atoms with Crippen molar-refractivity contribution in [1.82, 2.24) is 10.2 Å². The van der Waals surface area contributed by atoms with Crippen LogP contribution in [0, 0.1) is 0 Å². The van der Waals surface area contributed by atoms with E-state index in [1.54, 1.807) is 18.2 Å². The topological polar surface area (TPSA) is 76.1 Å². The molecule has 24 heavy (non-hydrogen) atoms. The fourth-order valence-corrected chi connectivity index (χ4v) is 2.85. The minimum absolute atomic E-state index is 0.276. The molecule has 0 saturated heterocycles. The molecule has 2 aromatic rings. The van der Waals surface area contributed by atoms with E-state index in [1.807, 2.05) is 25.1 Å². The Labute approximate surface area is 141 Å². The molecule has 1 aliphatic carbocycles. The molecule has 0 aliphatic heterocycles. The van der Waals surface area contributed by atoms with Crippen molar-refractivity contribution in [3.63, 3.8) is 0 Å². The number of nitrogens with zero attached hydrogens (tertiary/aromatic N) is 2. The maximum Gasteiger partial charge on any atom is 0.276 e. The van der Waals surface area contributed by atoms with Crippen molar-refractivity contribution in [2.24, 2.45) is 0 Å². The first-order valence-corrected chi connectivity index (χ1v) is 8.39. The number of anilines is 2. The van der Waals surface area contributed by atoms with E-state index in [0.717, 1.165) is 12.8 Å². The average Bonchev–Trinajstić information content (AvgIpc) is 3.10. The number of rotatable bonds is 6. The molecule has 1 heterocycles. The summed E-state index contributed by atoms with van der Waals surface area (Å²) in [5, 5.41) is 14.3. The van der Waals surface area contributed by atoms with Gasteiger partial charge in [-0.15, -0.1) is 10.2 Å². The molecule has 1 aliphatic rings. The molecule has 3 rings (SSSR count). The van der Waals surface area contributed by atoms with E-state index in [-0.39, 0.29) is 11.6 Å². The van der Waals surface area contributed by atoms with Gasteiger partial charge in [0.1, 0.15) is 11.6 Å². The Morgan fingerprint density at radius 1 is 1.17 bits per heavy atom. The van der Waals surface area contributed by atoms with Crippen molar-refractivity contribution in [2.75, 3.05) is 17.2 Å². The number of nitrogens with one attached hydrogen (secondary N) is 2. The number of hydrogen-bond donors (Lipinski definition) is 2. The Balaban J connectivity index is 1.64. The lowest BCUT2D eigenvalue weighted by molar-refractivity contribution is 0.102. The Morgan fingerprint density at radius 3 is 2.67 bits per heavy atom. The van der Waals surface area contributed by atoms with Gasteiger partial charge in [-0.2, -0.15) is 0 Å².